The first kappa shape index (κ1) is 13.4. The molecule has 0 unspecified atom stereocenters. The van der Waals surface area contributed by atoms with Gasteiger partial charge < -0.3 is 0 Å². The van der Waals surface area contributed by atoms with Crippen molar-refractivity contribution >= 4 is 40.2 Å². The van der Waals surface area contributed by atoms with Crippen LogP contribution in [0.5, 0.6) is 0 Å². The molecule has 1 aliphatic rings. The van der Waals surface area contributed by atoms with E-state index in [0.717, 1.165) is 23.5 Å². The first-order valence-electron chi connectivity index (χ1n) is 5.48. The molecule has 9 heteroatoms. The fourth-order valence-corrected chi connectivity index (χ4v) is 3.50. The summed E-state index contributed by atoms with van der Waals surface area (Å²) in [5.41, 5.74) is 0.817. The maximum atomic E-state index is 10.8. The minimum Gasteiger partial charge on any atom is -0.258 e. The number of nitriles is 2. The lowest BCUT2D eigenvalue weighted by Gasteiger charge is -2.13. The zero-order valence-electron chi connectivity index (χ0n) is 10.1. The van der Waals surface area contributed by atoms with Crippen molar-refractivity contribution < 1.29 is 4.92 Å². The van der Waals surface area contributed by atoms with Crippen LogP contribution in [-0.2, 0) is 0 Å². The Morgan fingerprint density at radius 1 is 1.05 bits per heavy atom. The summed E-state index contributed by atoms with van der Waals surface area (Å²) in [6, 6.07) is 8.11. The standard InChI is InChI=1S/C12H3N5O2S2/c13-4-9-10(5-14)21-12-11(20-9)15-7-2-1-6(17(18)19)3-8(7)16-12/h1-3H. The zero-order chi connectivity index (χ0) is 15.0. The SMILES string of the molecule is N#CC1=C(C#N)Sc2nc3cc([N+](=O)[O-])ccc3nc2S1. The molecule has 1 aromatic heterocycles. The second-order valence-electron chi connectivity index (χ2n) is 3.85. The van der Waals surface area contributed by atoms with E-state index in [2.05, 4.69) is 9.97 Å². The Hall–Kier alpha value is -2.62. The molecule has 0 aliphatic carbocycles. The lowest BCUT2D eigenvalue weighted by Crippen LogP contribution is -1.98. The third-order valence-corrected chi connectivity index (χ3v) is 4.82. The first-order chi connectivity index (χ1) is 10.1. The third kappa shape index (κ3) is 2.29. The third-order valence-electron chi connectivity index (χ3n) is 2.60. The topological polar surface area (TPSA) is 116 Å². The van der Waals surface area contributed by atoms with Crippen LogP contribution in [0.2, 0.25) is 0 Å². The van der Waals surface area contributed by atoms with Crippen LogP contribution in [0.25, 0.3) is 11.0 Å². The molecule has 1 aliphatic heterocycles. The number of non-ortho nitro benzene ring substituents is 1. The molecule has 0 amide bonds. The predicted octanol–water partition coefficient (Wildman–Crippen LogP) is 2.99. The Labute approximate surface area is 126 Å². The first-order valence-corrected chi connectivity index (χ1v) is 7.12. The number of nitrogens with zero attached hydrogens (tertiary/aromatic N) is 5. The number of benzene rings is 1. The number of nitro benzene ring substituents is 1. The Morgan fingerprint density at radius 2 is 1.62 bits per heavy atom. The summed E-state index contributed by atoms with van der Waals surface area (Å²) in [5, 5.41) is 29.8. The van der Waals surface area contributed by atoms with E-state index in [4.69, 9.17) is 10.5 Å². The number of hydrogen-bond acceptors (Lipinski definition) is 8. The Morgan fingerprint density at radius 3 is 2.14 bits per heavy atom. The van der Waals surface area contributed by atoms with Crippen molar-refractivity contribution in [1.82, 2.24) is 9.97 Å². The summed E-state index contributed by atoms with van der Waals surface area (Å²) in [6.45, 7) is 0. The van der Waals surface area contributed by atoms with Gasteiger partial charge in [0.25, 0.3) is 5.69 Å². The minimum atomic E-state index is -0.503. The molecular formula is C12H3N5O2S2. The average Bonchev–Trinajstić information content (AvgIpc) is 2.50. The van der Waals surface area contributed by atoms with Gasteiger partial charge in [-0.3, -0.25) is 10.1 Å². The van der Waals surface area contributed by atoms with E-state index >= 15 is 0 Å². The van der Waals surface area contributed by atoms with Crippen LogP contribution < -0.4 is 0 Å². The van der Waals surface area contributed by atoms with Crippen LogP contribution >= 0.6 is 23.5 Å². The molecular weight excluding hydrogens is 310 g/mol. The zero-order valence-corrected chi connectivity index (χ0v) is 11.7. The molecule has 0 atom stereocenters. The van der Waals surface area contributed by atoms with E-state index in [9.17, 15) is 10.1 Å². The van der Waals surface area contributed by atoms with Gasteiger partial charge in [-0.25, -0.2) is 9.97 Å². The predicted molar refractivity (Wildman–Crippen MR) is 76.2 cm³/mol. The van der Waals surface area contributed by atoms with Crippen LogP contribution in [0.4, 0.5) is 5.69 Å². The number of aromatic nitrogens is 2. The number of rotatable bonds is 1. The number of nitro groups is 1. The van der Waals surface area contributed by atoms with E-state index in [1.165, 1.54) is 18.2 Å². The summed E-state index contributed by atoms with van der Waals surface area (Å²) >= 11 is 2.13. The van der Waals surface area contributed by atoms with Crippen LogP contribution in [0, 0.1) is 32.8 Å². The van der Waals surface area contributed by atoms with E-state index in [1.54, 1.807) is 0 Å². The largest absolute Gasteiger partial charge is 0.271 e. The highest BCUT2D eigenvalue weighted by molar-refractivity contribution is 8.09. The highest BCUT2D eigenvalue weighted by Crippen LogP contribution is 2.44. The summed E-state index contributed by atoms with van der Waals surface area (Å²) in [4.78, 5) is 19.5. The van der Waals surface area contributed by atoms with Crippen molar-refractivity contribution in [2.24, 2.45) is 0 Å². The normalized spacial score (nSPS) is 13.4. The molecule has 0 saturated heterocycles. The molecule has 7 nitrogen and oxygen atoms in total. The lowest BCUT2D eigenvalue weighted by atomic mass is 10.3. The molecule has 0 N–H and O–H groups in total. The molecule has 21 heavy (non-hydrogen) atoms. The minimum absolute atomic E-state index is 0.0704. The second-order valence-corrected chi connectivity index (χ2v) is 5.85. The van der Waals surface area contributed by atoms with Crippen LogP contribution in [0.1, 0.15) is 0 Å². The summed E-state index contributed by atoms with van der Waals surface area (Å²) < 4.78 is 0. The lowest BCUT2D eigenvalue weighted by molar-refractivity contribution is -0.384. The molecule has 0 saturated carbocycles. The number of thioether (sulfide) groups is 2. The van der Waals surface area contributed by atoms with E-state index < -0.39 is 4.92 Å². The van der Waals surface area contributed by atoms with Crippen molar-refractivity contribution in [3.63, 3.8) is 0 Å². The molecule has 3 rings (SSSR count). The van der Waals surface area contributed by atoms with Gasteiger partial charge in [0.2, 0.25) is 0 Å². The van der Waals surface area contributed by atoms with Gasteiger partial charge >= 0.3 is 0 Å². The van der Waals surface area contributed by atoms with Gasteiger partial charge in [-0.1, -0.05) is 23.5 Å². The highest BCUT2D eigenvalue weighted by atomic mass is 32.2. The van der Waals surface area contributed by atoms with Crippen LogP contribution in [0.3, 0.4) is 0 Å². The van der Waals surface area contributed by atoms with E-state index in [0.29, 0.717) is 21.1 Å². The molecule has 1 aromatic carbocycles. The van der Waals surface area contributed by atoms with Crippen LogP contribution in [0.15, 0.2) is 38.1 Å². The van der Waals surface area contributed by atoms with Crippen molar-refractivity contribution in [1.29, 1.82) is 10.5 Å². The average molecular weight is 313 g/mol. The fraction of sp³-hybridized carbons (Fsp3) is 0. The van der Waals surface area contributed by atoms with Gasteiger partial charge in [0.1, 0.15) is 32.0 Å². The van der Waals surface area contributed by atoms with Crippen molar-refractivity contribution in [2.45, 2.75) is 10.1 Å². The number of fused-ring (bicyclic) bond motifs is 2. The van der Waals surface area contributed by atoms with Gasteiger partial charge in [0.15, 0.2) is 0 Å². The van der Waals surface area contributed by atoms with E-state index in [1.807, 2.05) is 12.1 Å². The number of allylic oxidation sites excluding steroid dienone is 2. The van der Waals surface area contributed by atoms with Gasteiger partial charge in [0.05, 0.1) is 16.0 Å². The quantitative estimate of drug-likeness (QED) is 0.582. The van der Waals surface area contributed by atoms with Gasteiger partial charge in [-0.05, 0) is 6.07 Å². The maximum Gasteiger partial charge on any atom is 0.271 e. The van der Waals surface area contributed by atoms with Crippen molar-refractivity contribution in [2.75, 3.05) is 0 Å². The summed E-state index contributed by atoms with van der Waals surface area (Å²) in [5.74, 6) is 0. The van der Waals surface area contributed by atoms with Crippen molar-refractivity contribution in [3.05, 3.63) is 38.1 Å². The Kier molecular flexibility index (Phi) is 3.22. The Bertz CT molecular complexity index is 910. The molecule has 2 heterocycles. The maximum absolute atomic E-state index is 10.8. The number of hydrogen-bond donors (Lipinski definition) is 0. The van der Waals surface area contributed by atoms with E-state index in [-0.39, 0.29) is 15.5 Å². The monoisotopic (exact) mass is 313 g/mol. The molecule has 0 bridgehead atoms. The molecule has 2 aromatic rings. The molecule has 0 radical (unpaired) electrons. The molecule has 0 spiro atoms. The van der Waals surface area contributed by atoms with Crippen LogP contribution in [-0.4, -0.2) is 14.9 Å². The van der Waals surface area contributed by atoms with Gasteiger partial charge in [-0.15, -0.1) is 0 Å². The van der Waals surface area contributed by atoms with Crippen molar-refractivity contribution in [3.8, 4) is 12.1 Å². The summed E-state index contributed by atoms with van der Waals surface area (Å²) in [6.07, 6.45) is 0. The van der Waals surface area contributed by atoms with Gasteiger partial charge in [-0.2, -0.15) is 10.5 Å². The Balaban J connectivity index is 2.16. The fourth-order valence-electron chi connectivity index (χ4n) is 1.69. The second kappa shape index (κ2) is 5.05. The molecule has 100 valence electrons. The molecule has 0 fully saturated rings. The summed E-state index contributed by atoms with van der Waals surface area (Å²) in [7, 11) is 0. The smallest absolute Gasteiger partial charge is 0.258 e. The highest BCUT2D eigenvalue weighted by Gasteiger charge is 2.23. The van der Waals surface area contributed by atoms with Gasteiger partial charge in [0, 0.05) is 12.1 Å².